The van der Waals surface area contributed by atoms with Crippen molar-refractivity contribution in [3.8, 4) is 0 Å². The summed E-state index contributed by atoms with van der Waals surface area (Å²) in [5, 5.41) is 3.10. The summed E-state index contributed by atoms with van der Waals surface area (Å²) in [5.74, 6) is 0.843. The molecule has 122 valence electrons. The number of halogens is 1. The second-order valence-electron chi connectivity index (χ2n) is 6.38. The third-order valence-corrected chi connectivity index (χ3v) is 4.66. The Hall–Kier alpha value is -0.810. The highest BCUT2D eigenvalue weighted by Gasteiger charge is 2.33. The highest BCUT2D eigenvalue weighted by molar-refractivity contribution is 5.85. The van der Waals surface area contributed by atoms with Crippen LogP contribution < -0.4 is 5.32 Å². The number of carbonyl (C=O) groups excluding carboxylic acids is 2. The first kappa shape index (κ1) is 18.2. The largest absolute Gasteiger partial charge is 0.340 e. The number of nitrogens with one attached hydrogen (secondary N) is 1. The number of piperazine rings is 1. The topological polar surface area (TPSA) is 52.7 Å². The molecular formula is C15H28ClN3O2. The smallest absolute Gasteiger partial charge is 0.236 e. The zero-order chi connectivity index (χ0) is 14.7. The quantitative estimate of drug-likeness (QED) is 0.849. The minimum Gasteiger partial charge on any atom is -0.340 e. The molecule has 21 heavy (non-hydrogen) atoms. The average molecular weight is 318 g/mol. The van der Waals surface area contributed by atoms with Crippen molar-refractivity contribution in [3.63, 3.8) is 0 Å². The van der Waals surface area contributed by atoms with Crippen molar-refractivity contribution in [2.75, 3.05) is 32.7 Å². The third kappa shape index (κ3) is 4.33. The monoisotopic (exact) mass is 317 g/mol. The van der Waals surface area contributed by atoms with Gasteiger partial charge in [-0.1, -0.05) is 20.8 Å². The van der Waals surface area contributed by atoms with E-state index in [1.807, 2.05) is 16.7 Å². The fourth-order valence-electron chi connectivity index (χ4n) is 2.99. The molecule has 0 spiro atoms. The molecule has 2 saturated heterocycles. The van der Waals surface area contributed by atoms with Gasteiger partial charge in [0, 0.05) is 38.1 Å². The molecule has 2 unspecified atom stereocenters. The predicted molar refractivity (Wildman–Crippen MR) is 85.4 cm³/mol. The third-order valence-electron chi connectivity index (χ3n) is 4.66. The number of piperidine rings is 1. The van der Waals surface area contributed by atoms with Crippen LogP contribution in [0.3, 0.4) is 0 Å². The Balaban J connectivity index is 0.00000220. The number of amides is 2. The molecule has 0 aromatic heterocycles. The summed E-state index contributed by atoms with van der Waals surface area (Å²) >= 11 is 0. The van der Waals surface area contributed by atoms with Crippen molar-refractivity contribution in [1.82, 2.24) is 15.1 Å². The van der Waals surface area contributed by atoms with Crippen LogP contribution >= 0.6 is 12.4 Å². The lowest BCUT2D eigenvalue weighted by atomic mass is 9.94. The first-order valence-corrected chi connectivity index (χ1v) is 7.79. The molecular weight excluding hydrogens is 290 g/mol. The van der Waals surface area contributed by atoms with E-state index in [9.17, 15) is 9.59 Å². The molecule has 0 aromatic carbocycles. The van der Waals surface area contributed by atoms with Gasteiger partial charge in [0.05, 0.1) is 6.54 Å². The molecule has 2 rings (SSSR count). The number of nitrogens with zero attached hydrogens (tertiary/aromatic N) is 2. The van der Waals surface area contributed by atoms with Crippen LogP contribution in [0.2, 0.25) is 0 Å². The van der Waals surface area contributed by atoms with Crippen molar-refractivity contribution in [1.29, 1.82) is 0 Å². The lowest BCUT2D eigenvalue weighted by molar-refractivity contribution is -0.143. The number of rotatable bonds is 3. The van der Waals surface area contributed by atoms with Crippen LogP contribution in [0.4, 0.5) is 0 Å². The van der Waals surface area contributed by atoms with E-state index in [1.165, 1.54) is 0 Å². The first-order chi connectivity index (χ1) is 9.50. The van der Waals surface area contributed by atoms with Crippen LogP contribution in [0, 0.1) is 11.8 Å². The molecule has 0 aliphatic carbocycles. The van der Waals surface area contributed by atoms with Gasteiger partial charge in [0.2, 0.25) is 11.8 Å². The second-order valence-corrected chi connectivity index (χ2v) is 6.38. The van der Waals surface area contributed by atoms with E-state index in [4.69, 9.17) is 0 Å². The van der Waals surface area contributed by atoms with Gasteiger partial charge in [0.25, 0.3) is 0 Å². The summed E-state index contributed by atoms with van der Waals surface area (Å²) < 4.78 is 0. The summed E-state index contributed by atoms with van der Waals surface area (Å²) in [7, 11) is 0. The Morgan fingerprint density at radius 2 is 2.00 bits per heavy atom. The Bertz CT molecular complexity index is 376. The van der Waals surface area contributed by atoms with Gasteiger partial charge < -0.3 is 15.1 Å². The molecule has 0 bridgehead atoms. The second kappa shape index (κ2) is 7.99. The van der Waals surface area contributed by atoms with Gasteiger partial charge in [-0.3, -0.25) is 9.59 Å². The van der Waals surface area contributed by atoms with Crippen LogP contribution in [0.25, 0.3) is 0 Å². The molecule has 2 amide bonds. The summed E-state index contributed by atoms with van der Waals surface area (Å²) in [5.41, 5.74) is 0. The van der Waals surface area contributed by atoms with E-state index in [2.05, 4.69) is 19.2 Å². The van der Waals surface area contributed by atoms with Crippen molar-refractivity contribution in [2.45, 2.75) is 39.7 Å². The number of hydrogen-bond donors (Lipinski definition) is 1. The van der Waals surface area contributed by atoms with Crippen LogP contribution in [0.5, 0.6) is 0 Å². The van der Waals surface area contributed by atoms with Gasteiger partial charge in [0.15, 0.2) is 0 Å². The zero-order valence-corrected chi connectivity index (χ0v) is 14.1. The Morgan fingerprint density at radius 1 is 1.29 bits per heavy atom. The lowest BCUT2D eigenvalue weighted by Crippen LogP contribution is -2.58. The molecule has 0 radical (unpaired) electrons. The number of carbonyl (C=O) groups is 2. The highest BCUT2D eigenvalue weighted by atomic mass is 35.5. The fraction of sp³-hybridized carbons (Fsp3) is 0.867. The normalized spacial score (nSPS) is 24.8. The standard InChI is InChI=1S/C15H27N3O2.ClH/c1-11(2)12(3)15(20)17-7-4-5-13(10-17)18-8-6-16-9-14(18)19;/h11-13,16H,4-10H2,1-3H3;1H. The van der Waals surface area contributed by atoms with Gasteiger partial charge in [-0.05, 0) is 18.8 Å². The molecule has 0 saturated carbocycles. The SMILES string of the molecule is CC(C)C(C)C(=O)N1CCCC(N2CCNCC2=O)C1.Cl. The maximum absolute atomic E-state index is 12.5. The summed E-state index contributed by atoms with van der Waals surface area (Å²) in [6, 6.07) is 0.210. The summed E-state index contributed by atoms with van der Waals surface area (Å²) in [4.78, 5) is 28.4. The molecule has 1 N–H and O–H groups in total. The van der Waals surface area contributed by atoms with Gasteiger partial charge in [-0.25, -0.2) is 0 Å². The summed E-state index contributed by atoms with van der Waals surface area (Å²) in [6.45, 7) is 9.80. The molecule has 2 aliphatic rings. The van der Waals surface area contributed by atoms with E-state index in [-0.39, 0.29) is 36.2 Å². The van der Waals surface area contributed by atoms with Gasteiger partial charge in [0.1, 0.15) is 0 Å². The molecule has 2 atom stereocenters. The van der Waals surface area contributed by atoms with Crippen molar-refractivity contribution >= 4 is 24.2 Å². The number of hydrogen-bond acceptors (Lipinski definition) is 3. The van der Waals surface area contributed by atoms with E-state index in [1.54, 1.807) is 0 Å². The van der Waals surface area contributed by atoms with Crippen molar-refractivity contribution in [2.24, 2.45) is 11.8 Å². The highest BCUT2D eigenvalue weighted by Crippen LogP contribution is 2.21. The Morgan fingerprint density at radius 3 is 2.62 bits per heavy atom. The first-order valence-electron chi connectivity index (χ1n) is 7.79. The molecule has 5 nitrogen and oxygen atoms in total. The maximum atomic E-state index is 12.5. The molecule has 6 heteroatoms. The summed E-state index contributed by atoms with van der Waals surface area (Å²) in [6.07, 6.45) is 2.02. The van der Waals surface area contributed by atoms with Crippen LogP contribution in [0.15, 0.2) is 0 Å². The van der Waals surface area contributed by atoms with Crippen molar-refractivity contribution in [3.05, 3.63) is 0 Å². The Labute approximate surface area is 133 Å². The van der Waals surface area contributed by atoms with Crippen LogP contribution in [0.1, 0.15) is 33.6 Å². The van der Waals surface area contributed by atoms with E-state index >= 15 is 0 Å². The average Bonchev–Trinajstić information content (AvgIpc) is 2.46. The van der Waals surface area contributed by atoms with E-state index in [0.717, 1.165) is 32.5 Å². The minimum absolute atomic E-state index is 0. The zero-order valence-electron chi connectivity index (χ0n) is 13.3. The van der Waals surface area contributed by atoms with E-state index in [0.29, 0.717) is 19.0 Å². The van der Waals surface area contributed by atoms with Gasteiger partial charge >= 0.3 is 0 Å². The maximum Gasteiger partial charge on any atom is 0.236 e. The minimum atomic E-state index is 0. The molecule has 0 aromatic rings. The van der Waals surface area contributed by atoms with E-state index < -0.39 is 0 Å². The molecule has 2 heterocycles. The molecule has 2 fully saturated rings. The number of likely N-dealkylation sites (tertiary alicyclic amines) is 1. The molecule has 2 aliphatic heterocycles. The Kier molecular flexibility index (Phi) is 6.94. The van der Waals surface area contributed by atoms with Crippen LogP contribution in [-0.4, -0.2) is 60.4 Å². The lowest BCUT2D eigenvalue weighted by Gasteiger charge is -2.42. The van der Waals surface area contributed by atoms with Gasteiger partial charge in [-0.2, -0.15) is 0 Å². The van der Waals surface area contributed by atoms with Crippen molar-refractivity contribution < 1.29 is 9.59 Å². The fourth-order valence-corrected chi connectivity index (χ4v) is 2.99. The predicted octanol–water partition coefficient (Wildman–Crippen LogP) is 1.12. The van der Waals surface area contributed by atoms with Crippen LogP contribution in [-0.2, 0) is 9.59 Å². The van der Waals surface area contributed by atoms with Gasteiger partial charge in [-0.15, -0.1) is 12.4 Å².